The Kier molecular flexibility index (Phi) is 2.61. The molecule has 1 heterocycles. The molecule has 18 heavy (non-hydrogen) atoms. The van der Waals surface area contributed by atoms with Gasteiger partial charge in [-0.25, -0.2) is 5.06 Å². The van der Waals surface area contributed by atoms with Crippen LogP contribution >= 0.6 is 0 Å². The van der Waals surface area contributed by atoms with Crippen molar-refractivity contribution < 1.29 is 9.63 Å². The topological polar surface area (TPSA) is 29.5 Å². The van der Waals surface area contributed by atoms with Gasteiger partial charge < -0.3 is 0 Å². The molecule has 0 bridgehead atoms. The molecule has 2 aromatic carbocycles. The molecule has 0 aliphatic carbocycles. The smallest absolute Gasteiger partial charge is 0.267 e. The molecule has 0 radical (unpaired) electrons. The predicted molar refractivity (Wildman–Crippen MR) is 68.8 cm³/mol. The average molecular weight is 239 g/mol. The number of hydrogen-bond donors (Lipinski definition) is 0. The summed E-state index contributed by atoms with van der Waals surface area (Å²) < 4.78 is 0. The standard InChI is InChI=1S/C15H13NO2/c1-16-15(17)14-9-12(7-8-13(14)10-18-16)11-5-3-2-4-6-11/h2-9H,10H2,1H3. The lowest BCUT2D eigenvalue weighted by molar-refractivity contribution is -0.123. The summed E-state index contributed by atoms with van der Waals surface area (Å²) in [6.45, 7) is 0.451. The van der Waals surface area contributed by atoms with Crippen molar-refractivity contribution in [3.63, 3.8) is 0 Å². The van der Waals surface area contributed by atoms with E-state index in [-0.39, 0.29) is 5.91 Å². The van der Waals surface area contributed by atoms with Crippen molar-refractivity contribution in [3.8, 4) is 11.1 Å². The molecular formula is C15H13NO2. The molecule has 1 aliphatic heterocycles. The maximum Gasteiger partial charge on any atom is 0.277 e. The van der Waals surface area contributed by atoms with Crippen LogP contribution in [0.1, 0.15) is 15.9 Å². The van der Waals surface area contributed by atoms with E-state index in [1.165, 1.54) is 5.06 Å². The van der Waals surface area contributed by atoms with Crippen molar-refractivity contribution in [2.24, 2.45) is 0 Å². The SMILES string of the molecule is CN1OCc2ccc(-c3ccccc3)cc2C1=O. The Bertz CT molecular complexity index is 593. The third-order valence-corrected chi connectivity index (χ3v) is 3.15. The largest absolute Gasteiger partial charge is 0.277 e. The molecule has 2 aromatic rings. The number of amides is 1. The summed E-state index contributed by atoms with van der Waals surface area (Å²) in [4.78, 5) is 17.2. The van der Waals surface area contributed by atoms with E-state index in [1.54, 1.807) is 7.05 Å². The lowest BCUT2D eigenvalue weighted by atomic mass is 9.98. The molecule has 0 fully saturated rings. The number of hydrogen-bond acceptors (Lipinski definition) is 2. The van der Waals surface area contributed by atoms with E-state index < -0.39 is 0 Å². The van der Waals surface area contributed by atoms with E-state index in [2.05, 4.69) is 0 Å². The lowest BCUT2D eigenvalue weighted by Gasteiger charge is -2.24. The van der Waals surface area contributed by atoms with E-state index in [0.29, 0.717) is 6.61 Å². The minimum Gasteiger partial charge on any atom is -0.267 e. The molecule has 0 N–H and O–H groups in total. The summed E-state index contributed by atoms with van der Waals surface area (Å²) in [7, 11) is 1.64. The van der Waals surface area contributed by atoms with Crippen molar-refractivity contribution in [2.75, 3.05) is 7.05 Å². The highest BCUT2D eigenvalue weighted by molar-refractivity contribution is 5.96. The molecule has 0 unspecified atom stereocenters. The van der Waals surface area contributed by atoms with Crippen LogP contribution in [0.3, 0.4) is 0 Å². The van der Waals surface area contributed by atoms with Gasteiger partial charge in [0.15, 0.2) is 0 Å². The van der Waals surface area contributed by atoms with Crippen LogP contribution in [-0.2, 0) is 11.4 Å². The Morgan fingerprint density at radius 2 is 1.83 bits per heavy atom. The Morgan fingerprint density at radius 3 is 2.61 bits per heavy atom. The number of fused-ring (bicyclic) bond motifs is 1. The number of carbonyl (C=O) groups is 1. The number of nitrogens with zero attached hydrogens (tertiary/aromatic N) is 1. The zero-order valence-electron chi connectivity index (χ0n) is 10.1. The van der Waals surface area contributed by atoms with E-state index in [0.717, 1.165) is 22.3 Å². The van der Waals surface area contributed by atoms with E-state index in [1.807, 2.05) is 48.5 Å². The number of benzene rings is 2. The third-order valence-electron chi connectivity index (χ3n) is 3.15. The highest BCUT2D eigenvalue weighted by Gasteiger charge is 2.22. The Hall–Kier alpha value is -2.13. The minimum absolute atomic E-state index is 0.0889. The maximum atomic E-state index is 12.0. The molecule has 0 saturated carbocycles. The highest BCUT2D eigenvalue weighted by Crippen LogP contribution is 2.26. The van der Waals surface area contributed by atoms with Crippen LogP contribution in [0.5, 0.6) is 0 Å². The van der Waals surface area contributed by atoms with Crippen LogP contribution in [0.2, 0.25) is 0 Å². The highest BCUT2D eigenvalue weighted by atomic mass is 16.7. The predicted octanol–water partition coefficient (Wildman–Crippen LogP) is 2.87. The fourth-order valence-corrected chi connectivity index (χ4v) is 2.11. The second-order valence-electron chi connectivity index (χ2n) is 4.31. The van der Waals surface area contributed by atoms with Crippen LogP contribution in [-0.4, -0.2) is 18.0 Å². The van der Waals surface area contributed by atoms with Gasteiger partial charge in [-0.3, -0.25) is 9.63 Å². The molecule has 1 aliphatic rings. The van der Waals surface area contributed by atoms with E-state index in [4.69, 9.17) is 4.84 Å². The van der Waals surface area contributed by atoms with Gasteiger partial charge in [0.05, 0.1) is 0 Å². The summed E-state index contributed by atoms with van der Waals surface area (Å²) in [5, 5.41) is 1.29. The summed E-state index contributed by atoms with van der Waals surface area (Å²) in [6.07, 6.45) is 0. The van der Waals surface area contributed by atoms with Crippen LogP contribution < -0.4 is 0 Å². The zero-order valence-corrected chi connectivity index (χ0v) is 10.1. The maximum absolute atomic E-state index is 12.0. The fraction of sp³-hybridized carbons (Fsp3) is 0.133. The van der Waals surface area contributed by atoms with Gasteiger partial charge in [-0.15, -0.1) is 0 Å². The monoisotopic (exact) mass is 239 g/mol. The van der Waals surface area contributed by atoms with Gasteiger partial charge >= 0.3 is 0 Å². The first kappa shape index (κ1) is 11.0. The van der Waals surface area contributed by atoms with Crippen LogP contribution in [0, 0.1) is 0 Å². The molecule has 0 aromatic heterocycles. The van der Waals surface area contributed by atoms with Crippen molar-refractivity contribution in [3.05, 3.63) is 59.7 Å². The lowest BCUT2D eigenvalue weighted by Crippen LogP contribution is -2.32. The molecule has 90 valence electrons. The van der Waals surface area contributed by atoms with Gasteiger partial charge in [0.25, 0.3) is 5.91 Å². The fourth-order valence-electron chi connectivity index (χ4n) is 2.11. The van der Waals surface area contributed by atoms with Crippen LogP contribution in [0.4, 0.5) is 0 Å². The van der Waals surface area contributed by atoms with Crippen LogP contribution in [0.25, 0.3) is 11.1 Å². The third kappa shape index (κ3) is 1.79. The second-order valence-corrected chi connectivity index (χ2v) is 4.31. The molecule has 0 atom stereocenters. The Labute approximate surface area is 106 Å². The summed E-state index contributed by atoms with van der Waals surface area (Å²) >= 11 is 0. The first-order valence-electron chi connectivity index (χ1n) is 5.85. The first-order valence-corrected chi connectivity index (χ1v) is 5.85. The molecule has 3 rings (SSSR count). The molecule has 0 saturated heterocycles. The van der Waals surface area contributed by atoms with Crippen molar-refractivity contribution in [1.82, 2.24) is 5.06 Å². The normalized spacial score (nSPS) is 14.5. The average Bonchev–Trinajstić information content (AvgIpc) is 2.44. The molecular weight excluding hydrogens is 226 g/mol. The minimum atomic E-state index is -0.0889. The second kappa shape index (κ2) is 4.27. The number of rotatable bonds is 1. The Balaban J connectivity index is 2.08. The van der Waals surface area contributed by atoms with Gasteiger partial charge in [-0.2, -0.15) is 0 Å². The Morgan fingerprint density at radius 1 is 1.06 bits per heavy atom. The van der Waals surface area contributed by atoms with Crippen molar-refractivity contribution in [2.45, 2.75) is 6.61 Å². The summed E-state index contributed by atoms with van der Waals surface area (Å²) in [5.74, 6) is -0.0889. The van der Waals surface area contributed by atoms with Gasteiger partial charge in [0.1, 0.15) is 6.61 Å². The van der Waals surface area contributed by atoms with Crippen molar-refractivity contribution in [1.29, 1.82) is 0 Å². The van der Waals surface area contributed by atoms with Gasteiger partial charge in [-0.05, 0) is 22.8 Å². The first-order chi connectivity index (χ1) is 8.75. The molecule has 3 nitrogen and oxygen atoms in total. The molecule has 1 amide bonds. The van der Waals surface area contributed by atoms with Gasteiger partial charge in [-0.1, -0.05) is 42.5 Å². The van der Waals surface area contributed by atoms with Crippen LogP contribution in [0.15, 0.2) is 48.5 Å². The number of hydroxylamine groups is 2. The van der Waals surface area contributed by atoms with Crippen molar-refractivity contribution >= 4 is 5.91 Å². The summed E-state index contributed by atoms with van der Waals surface area (Å²) in [6, 6.07) is 16.0. The van der Waals surface area contributed by atoms with E-state index >= 15 is 0 Å². The molecule has 0 spiro atoms. The summed E-state index contributed by atoms with van der Waals surface area (Å²) in [5.41, 5.74) is 3.84. The van der Waals surface area contributed by atoms with Gasteiger partial charge in [0, 0.05) is 12.6 Å². The number of carbonyl (C=O) groups excluding carboxylic acids is 1. The van der Waals surface area contributed by atoms with Gasteiger partial charge in [0.2, 0.25) is 0 Å². The van der Waals surface area contributed by atoms with E-state index in [9.17, 15) is 4.79 Å². The zero-order chi connectivity index (χ0) is 12.5. The quantitative estimate of drug-likeness (QED) is 0.765. The molecule has 3 heteroatoms.